The van der Waals surface area contributed by atoms with Crippen molar-refractivity contribution in [2.24, 2.45) is 0 Å². The Morgan fingerprint density at radius 2 is 0.569 bits per heavy atom. The second-order valence-corrected chi connectivity index (χ2v) is 13.8. The van der Waals surface area contributed by atoms with Gasteiger partial charge in [0.1, 0.15) is 0 Å². The van der Waals surface area contributed by atoms with Gasteiger partial charge in [-0.25, -0.2) is 0 Å². The van der Waals surface area contributed by atoms with Crippen LogP contribution in [0.5, 0.6) is 0 Å². The quantitative estimate of drug-likeness (QED) is 0.117. The molecule has 0 aromatic heterocycles. The smallest absolute Gasteiger partial charge is 0.0998 e. The Kier molecular flexibility index (Phi) is 11.6. The molecule has 0 atom stereocenters. The van der Waals surface area contributed by atoms with Crippen LogP contribution >= 0.6 is 0 Å². The fraction of sp³-hybridized carbons (Fsp3) is 0. The van der Waals surface area contributed by atoms with Gasteiger partial charge >= 0.3 is 0 Å². The Morgan fingerprint density at radius 3 is 0.914 bits per heavy atom. The molecule has 8 aromatic rings. The van der Waals surface area contributed by atoms with Gasteiger partial charge in [0.25, 0.3) is 0 Å². The molecule has 0 fully saturated rings. The number of hydrogen-bond donors (Lipinski definition) is 0. The molecule has 0 saturated heterocycles. The molecule has 58 heavy (non-hydrogen) atoms. The van der Waals surface area contributed by atoms with Crippen molar-refractivity contribution < 1.29 is 0 Å². The lowest BCUT2D eigenvalue weighted by Gasteiger charge is -2.25. The van der Waals surface area contributed by atoms with Crippen LogP contribution in [0.2, 0.25) is 0 Å². The molecule has 0 aliphatic carbocycles. The van der Waals surface area contributed by atoms with E-state index in [4.69, 9.17) is 0 Å². The molecule has 0 aliphatic heterocycles. The summed E-state index contributed by atoms with van der Waals surface area (Å²) in [6.07, 6.45) is 12.5. The molecule has 0 amide bonds. The molecule has 0 spiro atoms. The molecule has 0 saturated carbocycles. The Labute approximate surface area is 341 Å². The maximum atomic E-state index is 10.0. The summed E-state index contributed by atoms with van der Waals surface area (Å²) in [6.45, 7) is 0. The zero-order valence-electron chi connectivity index (χ0n) is 32.0. The molecule has 0 aliphatic rings. The highest BCUT2D eigenvalue weighted by atomic mass is 15.1. The van der Waals surface area contributed by atoms with Gasteiger partial charge in [-0.05, 0) is 112 Å². The maximum Gasteiger partial charge on any atom is 0.0998 e. The second-order valence-electron chi connectivity index (χ2n) is 13.8. The summed E-state index contributed by atoms with van der Waals surface area (Å²) < 4.78 is 0. The Bertz CT molecular complexity index is 2600. The molecule has 3 heteroatoms. The Balaban J connectivity index is 0.903. The summed E-state index contributed by atoms with van der Waals surface area (Å²) in [5.74, 6) is 0. The predicted molar refractivity (Wildman–Crippen MR) is 247 cm³/mol. The van der Waals surface area contributed by atoms with Gasteiger partial charge in [0, 0.05) is 34.1 Å². The standard InChI is InChI=1S/C55H41N3/c56-42-49-41-47(28-27-46-33-39-55(40-34-46)58(52-17-9-3-10-18-52)53-19-11-4-12-20-53)30-36-48(49)35-29-44-24-21-43(22-25-44)23-26-45-31-37-54(38-32-45)57(50-13-5-1-6-14-50)51-15-7-2-8-16-51/h1-41H/b26-23+,28-27+,35-29+. The van der Waals surface area contributed by atoms with E-state index in [1.807, 2.05) is 42.5 Å². The summed E-state index contributed by atoms with van der Waals surface area (Å²) >= 11 is 0. The van der Waals surface area contributed by atoms with E-state index in [-0.39, 0.29) is 0 Å². The van der Waals surface area contributed by atoms with Gasteiger partial charge in [0.2, 0.25) is 0 Å². The molecule has 0 heterocycles. The van der Waals surface area contributed by atoms with Crippen molar-refractivity contribution >= 4 is 70.6 Å². The van der Waals surface area contributed by atoms with Gasteiger partial charge in [-0.1, -0.05) is 170 Å². The number of rotatable bonds is 12. The van der Waals surface area contributed by atoms with Gasteiger partial charge < -0.3 is 9.80 Å². The largest absolute Gasteiger partial charge is 0.311 e. The van der Waals surface area contributed by atoms with Crippen LogP contribution in [0.4, 0.5) is 34.1 Å². The fourth-order valence-corrected chi connectivity index (χ4v) is 6.88. The molecule has 0 radical (unpaired) electrons. The average Bonchev–Trinajstić information content (AvgIpc) is 3.30. The highest BCUT2D eigenvalue weighted by molar-refractivity contribution is 5.81. The summed E-state index contributed by atoms with van der Waals surface area (Å²) in [4.78, 5) is 4.51. The second kappa shape index (κ2) is 18.1. The van der Waals surface area contributed by atoms with E-state index in [0.717, 1.165) is 67.5 Å². The van der Waals surface area contributed by atoms with E-state index < -0.39 is 0 Å². The lowest BCUT2D eigenvalue weighted by atomic mass is 10.0. The zero-order chi connectivity index (χ0) is 39.4. The van der Waals surface area contributed by atoms with Crippen LogP contribution in [-0.2, 0) is 0 Å². The van der Waals surface area contributed by atoms with Gasteiger partial charge in [-0.2, -0.15) is 5.26 Å². The first-order chi connectivity index (χ1) is 28.7. The van der Waals surface area contributed by atoms with Gasteiger partial charge in [-0.15, -0.1) is 0 Å². The minimum atomic E-state index is 0.636. The third-order valence-electron chi connectivity index (χ3n) is 9.89. The predicted octanol–water partition coefficient (Wildman–Crippen LogP) is 15.0. The highest BCUT2D eigenvalue weighted by Gasteiger charge is 2.13. The molecule has 0 N–H and O–H groups in total. The first-order valence-electron chi connectivity index (χ1n) is 19.4. The van der Waals surface area contributed by atoms with Crippen molar-refractivity contribution in [2.45, 2.75) is 0 Å². The SMILES string of the molecule is N#Cc1cc(/C=C/c2ccc(N(c3ccccc3)c3ccccc3)cc2)ccc1/C=C/c1ccc(/C=C/c2ccc(N(c3ccccc3)c3ccccc3)cc2)cc1. The van der Waals surface area contributed by atoms with Crippen LogP contribution in [-0.4, -0.2) is 0 Å². The molecule has 276 valence electrons. The molecule has 0 bridgehead atoms. The van der Waals surface area contributed by atoms with Crippen LogP contribution in [0.1, 0.15) is 38.9 Å². The molecule has 3 nitrogen and oxygen atoms in total. The first-order valence-corrected chi connectivity index (χ1v) is 19.4. The molecule has 8 rings (SSSR count). The van der Waals surface area contributed by atoms with Crippen molar-refractivity contribution in [3.8, 4) is 6.07 Å². The van der Waals surface area contributed by atoms with Crippen molar-refractivity contribution in [3.05, 3.63) is 251 Å². The third kappa shape index (κ3) is 9.12. The summed E-state index contributed by atoms with van der Waals surface area (Å²) in [5.41, 5.74) is 13.5. The third-order valence-corrected chi connectivity index (χ3v) is 9.89. The van der Waals surface area contributed by atoms with Crippen molar-refractivity contribution in [2.75, 3.05) is 9.80 Å². The van der Waals surface area contributed by atoms with Crippen LogP contribution < -0.4 is 9.80 Å². The summed E-state index contributed by atoms with van der Waals surface area (Å²) in [7, 11) is 0. The average molecular weight is 744 g/mol. The molecular weight excluding hydrogens is 703 g/mol. The van der Waals surface area contributed by atoms with E-state index in [1.165, 1.54) is 0 Å². The Morgan fingerprint density at radius 1 is 0.293 bits per heavy atom. The number of nitrogens with zero attached hydrogens (tertiary/aromatic N) is 3. The number of para-hydroxylation sites is 4. The first kappa shape index (κ1) is 37.0. The number of anilines is 6. The number of benzene rings is 8. The number of nitriles is 1. The van der Waals surface area contributed by atoms with Crippen molar-refractivity contribution in [1.82, 2.24) is 0 Å². The van der Waals surface area contributed by atoms with Crippen LogP contribution in [0.25, 0.3) is 36.5 Å². The zero-order valence-corrected chi connectivity index (χ0v) is 32.0. The van der Waals surface area contributed by atoms with Crippen LogP contribution in [0.15, 0.2) is 212 Å². The normalized spacial score (nSPS) is 11.2. The van der Waals surface area contributed by atoms with Gasteiger partial charge in [0.15, 0.2) is 0 Å². The fourth-order valence-electron chi connectivity index (χ4n) is 6.88. The molecular formula is C55H41N3. The lowest BCUT2D eigenvalue weighted by molar-refractivity contribution is 1.28. The van der Waals surface area contributed by atoms with E-state index in [1.54, 1.807) is 0 Å². The molecule has 0 unspecified atom stereocenters. The van der Waals surface area contributed by atoms with Gasteiger partial charge in [0.05, 0.1) is 11.6 Å². The maximum absolute atomic E-state index is 10.0. The van der Waals surface area contributed by atoms with E-state index in [0.29, 0.717) is 5.56 Å². The molecule has 8 aromatic carbocycles. The van der Waals surface area contributed by atoms with E-state index in [2.05, 4.69) is 222 Å². The topological polar surface area (TPSA) is 30.3 Å². The number of hydrogen-bond acceptors (Lipinski definition) is 3. The highest BCUT2D eigenvalue weighted by Crippen LogP contribution is 2.35. The minimum absolute atomic E-state index is 0.636. The van der Waals surface area contributed by atoms with Gasteiger partial charge in [-0.3, -0.25) is 0 Å². The summed E-state index contributed by atoms with van der Waals surface area (Å²) in [5, 5.41) is 10.0. The van der Waals surface area contributed by atoms with E-state index in [9.17, 15) is 5.26 Å². The van der Waals surface area contributed by atoms with E-state index >= 15 is 0 Å². The van der Waals surface area contributed by atoms with Crippen molar-refractivity contribution in [1.29, 1.82) is 5.26 Å². The Hall–Kier alpha value is -7.93. The van der Waals surface area contributed by atoms with Crippen LogP contribution in [0.3, 0.4) is 0 Å². The monoisotopic (exact) mass is 743 g/mol. The summed E-state index contributed by atoms with van der Waals surface area (Å²) in [6, 6.07) is 75.6. The minimum Gasteiger partial charge on any atom is -0.311 e. The lowest BCUT2D eigenvalue weighted by Crippen LogP contribution is -2.09. The van der Waals surface area contributed by atoms with Crippen LogP contribution in [0, 0.1) is 11.3 Å². The van der Waals surface area contributed by atoms with Crippen molar-refractivity contribution in [3.63, 3.8) is 0 Å².